The molecule has 0 radical (unpaired) electrons. The molecule has 1 aliphatic carbocycles. The van der Waals surface area contributed by atoms with E-state index in [2.05, 4.69) is 0 Å². The van der Waals surface area contributed by atoms with Gasteiger partial charge < -0.3 is 4.90 Å². The summed E-state index contributed by atoms with van der Waals surface area (Å²) in [5, 5.41) is 0. The SMILES string of the molecule is O=C([C@@H]1[C@@H](c2ccccc2)C1(Cl)Cl)N1CCCCC1. The summed E-state index contributed by atoms with van der Waals surface area (Å²) >= 11 is 12.7. The smallest absolute Gasteiger partial charge is 0.229 e. The fraction of sp³-hybridized carbons (Fsp3) is 0.533. The van der Waals surface area contributed by atoms with Crippen LogP contribution in [-0.4, -0.2) is 28.2 Å². The Morgan fingerprint density at radius 2 is 1.74 bits per heavy atom. The Labute approximate surface area is 123 Å². The molecule has 19 heavy (non-hydrogen) atoms. The van der Waals surface area contributed by atoms with Crippen molar-refractivity contribution in [2.24, 2.45) is 5.92 Å². The zero-order valence-electron chi connectivity index (χ0n) is 10.7. The first-order valence-corrected chi connectivity index (χ1v) is 7.59. The minimum atomic E-state index is -0.935. The molecule has 2 fully saturated rings. The number of piperidine rings is 1. The van der Waals surface area contributed by atoms with Gasteiger partial charge >= 0.3 is 0 Å². The van der Waals surface area contributed by atoms with E-state index in [1.165, 1.54) is 6.42 Å². The number of hydrogen-bond donors (Lipinski definition) is 0. The molecule has 102 valence electrons. The van der Waals surface area contributed by atoms with Gasteiger partial charge in [0.15, 0.2) is 0 Å². The van der Waals surface area contributed by atoms with E-state index >= 15 is 0 Å². The van der Waals surface area contributed by atoms with Crippen LogP contribution in [0.25, 0.3) is 0 Å². The summed E-state index contributed by atoms with van der Waals surface area (Å²) in [4.78, 5) is 14.4. The number of amides is 1. The third-order valence-electron chi connectivity index (χ3n) is 4.15. The van der Waals surface area contributed by atoms with Crippen LogP contribution in [0.1, 0.15) is 30.7 Å². The van der Waals surface area contributed by atoms with E-state index in [1.54, 1.807) is 0 Å². The molecule has 2 aliphatic rings. The van der Waals surface area contributed by atoms with Crippen molar-refractivity contribution in [3.8, 4) is 0 Å². The number of nitrogens with zero attached hydrogens (tertiary/aromatic N) is 1. The monoisotopic (exact) mass is 297 g/mol. The van der Waals surface area contributed by atoms with Gasteiger partial charge in [-0.25, -0.2) is 0 Å². The van der Waals surface area contributed by atoms with Gasteiger partial charge in [-0.2, -0.15) is 0 Å². The summed E-state index contributed by atoms with van der Waals surface area (Å²) in [5.74, 6) is -0.221. The third kappa shape index (κ3) is 2.36. The van der Waals surface area contributed by atoms with Gasteiger partial charge in [0.2, 0.25) is 5.91 Å². The Hall–Kier alpha value is -0.730. The molecule has 1 aromatic carbocycles. The van der Waals surface area contributed by atoms with Crippen LogP contribution >= 0.6 is 23.2 Å². The van der Waals surface area contributed by atoms with Crippen molar-refractivity contribution in [2.75, 3.05) is 13.1 Å². The van der Waals surface area contributed by atoms with Crippen LogP contribution in [0.4, 0.5) is 0 Å². The highest BCUT2D eigenvalue weighted by atomic mass is 35.5. The minimum absolute atomic E-state index is 0.0635. The molecule has 1 aliphatic heterocycles. The topological polar surface area (TPSA) is 20.3 Å². The molecule has 1 saturated carbocycles. The van der Waals surface area contributed by atoms with Gasteiger partial charge in [-0.3, -0.25) is 4.79 Å². The lowest BCUT2D eigenvalue weighted by molar-refractivity contribution is -0.133. The average Bonchev–Trinajstić information content (AvgIpc) is 3.02. The molecule has 2 nitrogen and oxygen atoms in total. The molecule has 0 unspecified atom stereocenters. The first kappa shape index (κ1) is 13.3. The van der Waals surface area contributed by atoms with Crippen LogP contribution < -0.4 is 0 Å². The molecule has 0 N–H and O–H groups in total. The summed E-state index contributed by atoms with van der Waals surface area (Å²) in [7, 11) is 0. The number of halogens is 2. The molecular formula is C15H17Cl2NO. The quantitative estimate of drug-likeness (QED) is 0.764. The molecule has 0 aromatic heterocycles. The lowest BCUT2D eigenvalue weighted by Crippen LogP contribution is -2.37. The van der Waals surface area contributed by atoms with Crippen molar-refractivity contribution in [2.45, 2.75) is 29.5 Å². The average molecular weight is 298 g/mol. The molecule has 0 spiro atoms. The van der Waals surface area contributed by atoms with Gasteiger partial charge in [0.05, 0.1) is 5.92 Å². The van der Waals surface area contributed by atoms with E-state index in [1.807, 2.05) is 35.2 Å². The maximum atomic E-state index is 12.5. The Bertz CT molecular complexity index is 468. The van der Waals surface area contributed by atoms with Crippen LogP contribution in [0.3, 0.4) is 0 Å². The van der Waals surface area contributed by atoms with E-state index in [4.69, 9.17) is 23.2 Å². The first-order chi connectivity index (χ1) is 9.12. The molecule has 3 rings (SSSR count). The van der Waals surface area contributed by atoms with Crippen LogP contribution in [0.15, 0.2) is 30.3 Å². The second-order valence-electron chi connectivity index (χ2n) is 5.43. The van der Waals surface area contributed by atoms with Crippen molar-refractivity contribution in [1.29, 1.82) is 0 Å². The summed E-state index contributed by atoms with van der Waals surface area (Å²) in [6, 6.07) is 9.86. The molecule has 1 heterocycles. The Kier molecular flexibility index (Phi) is 3.48. The van der Waals surface area contributed by atoms with E-state index < -0.39 is 4.33 Å². The molecule has 4 heteroatoms. The molecule has 1 aromatic rings. The number of hydrogen-bond acceptors (Lipinski definition) is 1. The summed E-state index contributed by atoms with van der Waals surface area (Å²) in [6.07, 6.45) is 3.39. The molecule has 2 atom stereocenters. The zero-order chi connectivity index (χ0) is 13.5. The number of likely N-dealkylation sites (tertiary alicyclic amines) is 1. The van der Waals surface area contributed by atoms with Crippen LogP contribution in [0.2, 0.25) is 0 Å². The number of rotatable bonds is 2. The normalized spacial score (nSPS) is 29.1. The standard InChI is InChI=1S/C15H17Cl2NO/c16-15(17)12(11-7-3-1-4-8-11)13(15)14(19)18-9-5-2-6-10-18/h1,3-4,7-8,12-13H,2,5-6,9-10H2/t12-,13+/m1/s1. The lowest BCUT2D eigenvalue weighted by atomic mass is 10.1. The van der Waals surface area contributed by atoms with Crippen molar-refractivity contribution in [1.82, 2.24) is 4.90 Å². The summed E-state index contributed by atoms with van der Waals surface area (Å²) in [6.45, 7) is 1.70. The molecular weight excluding hydrogens is 281 g/mol. The van der Waals surface area contributed by atoms with Gasteiger partial charge in [0.1, 0.15) is 4.33 Å². The fourth-order valence-corrected chi connectivity index (χ4v) is 3.84. The van der Waals surface area contributed by atoms with E-state index in [0.717, 1.165) is 31.5 Å². The van der Waals surface area contributed by atoms with E-state index in [0.29, 0.717) is 0 Å². The lowest BCUT2D eigenvalue weighted by Gasteiger charge is -2.27. The first-order valence-electron chi connectivity index (χ1n) is 6.84. The van der Waals surface area contributed by atoms with Crippen molar-refractivity contribution >= 4 is 29.1 Å². The Morgan fingerprint density at radius 3 is 2.37 bits per heavy atom. The highest BCUT2D eigenvalue weighted by Crippen LogP contribution is 2.65. The maximum absolute atomic E-state index is 12.5. The van der Waals surface area contributed by atoms with Crippen molar-refractivity contribution in [3.05, 3.63) is 35.9 Å². The molecule has 1 amide bonds. The highest BCUT2D eigenvalue weighted by Gasteiger charge is 2.68. The number of carbonyl (C=O) groups is 1. The number of benzene rings is 1. The largest absolute Gasteiger partial charge is 0.342 e. The predicted octanol–water partition coefficient (Wildman–Crippen LogP) is 3.59. The van der Waals surface area contributed by atoms with Gasteiger partial charge in [-0.05, 0) is 24.8 Å². The van der Waals surface area contributed by atoms with Crippen LogP contribution in [0, 0.1) is 5.92 Å². The zero-order valence-corrected chi connectivity index (χ0v) is 12.2. The van der Waals surface area contributed by atoms with E-state index in [9.17, 15) is 4.79 Å². The number of alkyl halides is 2. The second-order valence-corrected chi connectivity index (χ2v) is 6.87. The van der Waals surface area contributed by atoms with Gasteiger partial charge in [-0.1, -0.05) is 30.3 Å². The van der Waals surface area contributed by atoms with Crippen molar-refractivity contribution in [3.63, 3.8) is 0 Å². The summed E-state index contributed by atoms with van der Waals surface area (Å²) in [5.41, 5.74) is 1.06. The maximum Gasteiger partial charge on any atom is 0.229 e. The molecule has 1 saturated heterocycles. The summed E-state index contributed by atoms with van der Waals surface area (Å²) < 4.78 is -0.935. The minimum Gasteiger partial charge on any atom is -0.342 e. The Morgan fingerprint density at radius 1 is 1.11 bits per heavy atom. The molecule has 0 bridgehead atoms. The van der Waals surface area contributed by atoms with Crippen molar-refractivity contribution < 1.29 is 4.79 Å². The third-order valence-corrected chi connectivity index (χ3v) is 5.09. The highest BCUT2D eigenvalue weighted by molar-refractivity contribution is 6.53. The van der Waals surface area contributed by atoms with Gasteiger partial charge in [0, 0.05) is 19.0 Å². The fourth-order valence-electron chi connectivity index (χ4n) is 3.02. The van der Waals surface area contributed by atoms with Gasteiger partial charge in [-0.15, -0.1) is 23.2 Å². The second kappa shape index (κ2) is 4.99. The van der Waals surface area contributed by atoms with Gasteiger partial charge in [0.25, 0.3) is 0 Å². The Balaban J connectivity index is 1.76. The van der Waals surface area contributed by atoms with Crippen LogP contribution in [0.5, 0.6) is 0 Å². The predicted molar refractivity (Wildman–Crippen MR) is 77.5 cm³/mol. The van der Waals surface area contributed by atoms with Crippen LogP contribution in [-0.2, 0) is 4.79 Å². The van der Waals surface area contributed by atoms with E-state index in [-0.39, 0.29) is 17.7 Å². The number of carbonyl (C=O) groups excluding carboxylic acids is 1.